The first-order valence-corrected chi connectivity index (χ1v) is 0. The van der Waals surface area contributed by atoms with Crippen LogP contribution in [0.15, 0.2) is 0 Å². The first-order chi connectivity index (χ1) is 0. The van der Waals surface area contributed by atoms with Crippen molar-refractivity contribution in [3.63, 3.8) is 0 Å². The van der Waals surface area contributed by atoms with Crippen LogP contribution in [0.25, 0.3) is 0 Å². The number of hydrogen-bond acceptors (Lipinski definition) is 3. The topological polar surface area (TPSA) is 90.0 Å². The van der Waals surface area contributed by atoms with Crippen LogP contribution in [0, 0.1) is 46.9 Å². The van der Waals surface area contributed by atoms with Gasteiger partial charge in [0.1, 0.15) is 0 Å². The minimum Gasteiger partial charge on any atom is -0.870 e. The van der Waals surface area contributed by atoms with E-state index >= 15 is 0 Å². The summed E-state index contributed by atoms with van der Waals surface area (Å²) in [5.41, 5.74) is 0. The second-order valence-electron chi connectivity index (χ2n) is 0. The van der Waals surface area contributed by atoms with Crippen LogP contribution in [0.5, 0.6) is 0 Å². The fraction of sp³-hybridized carbons (Fsp3) is 0. The van der Waals surface area contributed by atoms with Crippen LogP contribution in [-0.2, 0) is 0 Å². The summed E-state index contributed by atoms with van der Waals surface area (Å²) in [6.45, 7) is 0. The van der Waals surface area contributed by atoms with Crippen molar-refractivity contribution in [2.45, 2.75) is 0 Å². The van der Waals surface area contributed by atoms with Crippen molar-refractivity contribution < 1.29 is 63.4 Å². The molecule has 0 amide bonds. The molecule has 0 spiro atoms. The molecule has 4 heavy (non-hydrogen) atoms. The van der Waals surface area contributed by atoms with E-state index in [0.29, 0.717) is 0 Å². The molecule has 0 bridgehead atoms. The summed E-state index contributed by atoms with van der Waals surface area (Å²) in [6.07, 6.45) is 0. The molecular weight excluding hydrogens is 221 g/mol. The molecule has 0 unspecified atom stereocenters. The van der Waals surface area contributed by atoms with Crippen LogP contribution in [0.2, 0.25) is 0 Å². The Labute approximate surface area is 62.6 Å². The molecular formula is H3O3Yb-. The average Bonchev–Trinajstić information content (AvgIpc) is 0. The van der Waals surface area contributed by atoms with Gasteiger partial charge in [-0.2, -0.15) is 0 Å². The summed E-state index contributed by atoms with van der Waals surface area (Å²) < 4.78 is 0. The van der Waals surface area contributed by atoms with E-state index in [0.717, 1.165) is 0 Å². The molecule has 0 aromatic rings. The Morgan fingerprint density at radius 1 is 0.500 bits per heavy atom. The van der Waals surface area contributed by atoms with Gasteiger partial charge >= 0.3 is 46.9 Å². The van der Waals surface area contributed by atoms with Gasteiger partial charge in [0.25, 0.3) is 0 Å². The Morgan fingerprint density at radius 2 is 0.500 bits per heavy atom. The predicted molar refractivity (Wildman–Crippen MR) is 5.81 cm³/mol. The minimum absolute atomic E-state index is 0. The number of hydrogen-bond donors (Lipinski definition) is 0. The van der Waals surface area contributed by atoms with E-state index in [4.69, 9.17) is 0 Å². The van der Waals surface area contributed by atoms with Gasteiger partial charge in [-0.3, -0.25) is 0 Å². The zero-order valence-electron chi connectivity index (χ0n) is 1.61. The zero-order valence-corrected chi connectivity index (χ0v) is 3.32. The van der Waals surface area contributed by atoms with E-state index in [1.807, 2.05) is 0 Å². The smallest absolute Gasteiger partial charge is 0.870 e. The van der Waals surface area contributed by atoms with Crippen LogP contribution in [0.4, 0.5) is 0 Å². The van der Waals surface area contributed by atoms with E-state index < -0.39 is 0 Å². The molecule has 0 atom stereocenters. The summed E-state index contributed by atoms with van der Waals surface area (Å²) in [6, 6.07) is 0. The maximum atomic E-state index is 0. The molecule has 0 saturated carbocycles. The molecule has 0 saturated heterocycles. The maximum absolute atomic E-state index is 0. The maximum Gasteiger partial charge on any atom is 2.00 e. The van der Waals surface area contributed by atoms with Crippen LogP contribution < -0.4 is 0 Å². The molecule has 36 valence electrons. The molecule has 0 aliphatic rings. The largest absolute Gasteiger partial charge is 2.00 e. The molecule has 0 aromatic heterocycles. The molecule has 3 N–H and O–H groups in total. The van der Waals surface area contributed by atoms with Gasteiger partial charge in [-0.25, -0.2) is 0 Å². The van der Waals surface area contributed by atoms with Crippen LogP contribution in [-0.4, -0.2) is 16.4 Å². The van der Waals surface area contributed by atoms with Crippen LogP contribution in [0.3, 0.4) is 0 Å². The standard InChI is InChI=1S/3H2O.Yb/h3*1H2;/q;;;+2/p-3. The van der Waals surface area contributed by atoms with Gasteiger partial charge in [0.2, 0.25) is 0 Å². The normalized spacial score (nSPS) is 0. The van der Waals surface area contributed by atoms with Crippen molar-refractivity contribution in [2.24, 2.45) is 0 Å². The molecule has 0 aliphatic heterocycles. The summed E-state index contributed by atoms with van der Waals surface area (Å²) in [7, 11) is 0. The predicted octanol–water partition coefficient (Wildman–Crippen LogP) is -0.530. The van der Waals surface area contributed by atoms with Gasteiger partial charge in [0, 0.05) is 0 Å². The summed E-state index contributed by atoms with van der Waals surface area (Å²) >= 11 is 0. The first-order valence-electron chi connectivity index (χ1n) is 0. The summed E-state index contributed by atoms with van der Waals surface area (Å²) in [5.74, 6) is 0. The zero-order chi connectivity index (χ0) is 0. The Balaban J connectivity index is 0. The first kappa shape index (κ1) is 53.4. The van der Waals surface area contributed by atoms with Crippen molar-refractivity contribution in [3.05, 3.63) is 0 Å². The molecule has 0 aliphatic carbocycles. The van der Waals surface area contributed by atoms with Crippen molar-refractivity contribution >= 4 is 0 Å². The van der Waals surface area contributed by atoms with E-state index in [1.165, 1.54) is 0 Å². The fourth-order valence-corrected chi connectivity index (χ4v) is 0. The quantitative estimate of drug-likeness (QED) is 0.553. The van der Waals surface area contributed by atoms with Crippen LogP contribution in [0.1, 0.15) is 0 Å². The van der Waals surface area contributed by atoms with Crippen molar-refractivity contribution in [1.82, 2.24) is 0 Å². The SMILES string of the molecule is [OH-].[OH-].[OH-].[Yb+2]. The van der Waals surface area contributed by atoms with Crippen molar-refractivity contribution in [1.29, 1.82) is 0 Å². The molecule has 4 heteroatoms. The third kappa shape index (κ3) is 9.99. The third-order valence-corrected chi connectivity index (χ3v) is 0. The molecule has 0 fully saturated rings. The van der Waals surface area contributed by atoms with E-state index in [-0.39, 0.29) is 63.4 Å². The Bertz CT molecular complexity index is 3.25. The minimum atomic E-state index is 0. The second kappa shape index (κ2) is 26.0. The van der Waals surface area contributed by atoms with Gasteiger partial charge in [-0.1, -0.05) is 0 Å². The Morgan fingerprint density at radius 3 is 0.500 bits per heavy atom. The van der Waals surface area contributed by atoms with Crippen molar-refractivity contribution in [3.8, 4) is 0 Å². The van der Waals surface area contributed by atoms with Gasteiger partial charge in [-0.15, -0.1) is 0 Å². The molecule has 3 nitrogen and oxygen atoms in total. The summed E-state index contributed by atoms with van der Waals surface area (Å²) in [5, 5.41) is 0. The second-order valence-corrected chi connectivity index (χ2v) is 0. The van der Waals surface area contributed by atoms with E-state index in [2.05, 4.69) is 0 Å². The van der Waals surface area contributed by atoms with Crippen molar-refractivity contribution in [2.75, 3.05) is 0 Å². The van der Waals surface area contributed by atoms with Gasteiger partial charge in [0.05, 0.1) is 0 Å². The van der Waals surface area contributed by atoms with E-state index in [9.17, 15) is 0 Å². The van der Waals surface area contributed by atoms with Gasteiger partial charge in [0.15, 0.2) is 0 Å². The molecule has 0 heterocycles. The molecule has 0 aromatic carbocycles. The monoisotopic (exact) mass is 225 g/mol. The Kier molecular flexibility index (Phi) is 346. The van der Waals surface area contributed by atoms with E-state index in [1.54, 1.807) is 0 Å². The van der Waals surface area contributed by atoms with Gasteiger partial charge in [-0.05, 0) is 0 Å². The number of rotatable bonds is 0. The molecule has 0 radical (unpaired) electrons. The Hall–Kier alpha value is 1.40. The average molecular weight is 224 g/mol. The summed E-state index contributed by atoms with van der Waals surface area (Å²) in [4.78, 5) is 0. The molecule has 0 rings (SSSR count). The van der Waals surface area contributed by atoms with Gasteiger partial charge < -0.3 is 16.4 Å². The third-order valence-electron chi connectivity index (χ3n) is 0. The fourth-order valence-electron chi connectivity index (χ4n) is 0. The van der Waals surface area contributed by atoms with Crippen LogP contribution >= 0.6 is 0 Å².